The number of nitrogens with zero attached hydrogens (tertiary/aromatic N) is 2. The normalized spacial score (nSPS) is 13.0. The van der Waals surface area contributed by atoms with Crippen LogP contribution in [0.3, 0.4) is 0 Å². The third-order valence-corrected chi connectivity index (χ3v) is 3.98. The van der Waals surface area contributed by atoms with Crippen LogP contribution in [0.5, 0.6) is 0 Å². The van der Waals surface area contributed by atoms with Gasteiger partial charge < -0.3 is 5.73 Å². The summed E-state index contributed by atoms with van der Waals surface area (Å²) in [5.41, 5.74) is 6.94. The largest absolute Gasteiger partial charge is 0.328 e. The van der Waals surface area contributed by atoms with E-state index in [1.165, 1.54) is 4.88 Å². The van der Waals surface area contributed by atoms with Crippen molar-refractivity contribution < 1.29 is 0 Å². The molecule has 2 heterocycles. The highest BCUT2D eigenvalue weighted by Gasteiger charge is 2.14. The maximum atomic E-state index is 5.79. The lowest BCUT2D eigenvalue weighted by molar-refractivity contribution is 0.539. The molecular formula is C10H12BrN3S. The topological polar surface area (TPSA) is 43.8 Å². The lowest BCUT2D eigenvalue weighted by Gasteiger charge is -2.13. The van der Waals surface area contributed by atoms with Crippen LogP contribution in [0.15, 0.2) is 28.3 Å². The van der Waals surface area contributed by atoms with Crippen LogP contribution in [-0.4, -0.2) is 16.3 Å². The van der Waals surface area contributed by atoms with E-state index in [4.69, 9.17) is 5.73 Å². The van der Waals surface area contributed by atoms with Crippen LogP contribution in [0.2, 0.25) is 0 Å². The Morgan fingerprint density at radius 3 is 2.93 bits per heavy atom. The molecule has 2 rings (SSSR count). The fourth-order valence-corrected chi connectivity index (χ4v) is 3.01. The van der Waals surface area contributed by atoms with Crippen molar-refractivity contribution in [2.45, 2.75) is 13.0 Å². The van der Waals surface area contributed by atoms with Crippen molar-refractivity contribution in [2.24, 2.45) is 5.73 Å². The van der Waals surface area contributed by atoms with Crippen LogP contribution < -0.4 is 5.73 Å². The van der Waals surface area contributed by atoms with Gasteiger partial charge in [-0.05, 0) is 34.5 Å². The van der Waals surface area contributed by atoms with E-state index in [-0.39, 0.29) is 6.04 Å². The van der Waals surface area contributed by atoms with Gasteiger partial charge in [0.15, 0.2) is 0 Å². The molecule has 5 heteroatoms. The zero-order valence-electron chi connectivity index (χ0n) is 8.35. The van der Waals surface area contributed by atoms with Crippen LogP contribution in [0, 0.1) is 6.92 Å². The summed E-state index contributed by atoms with van der Waals surface area (Å²) in [4.78, 5) is 1.23. The Morgan fingerprint density at radius 1 is 1.67 bits per heavy atom. The number of rotatable bonds is 3. The molecule has 0 bridgehead atoms. The van der Waals surface area contributed by atoms with Gasteiger partial charge in [0, 0.05) is 27.5 Å². The molecule has 2 N–H and O–H groups in total. The second-order valence-corrected chi connectivity index (χ2v) is 5.27. The Balaban J connectivity index is 2.32. The quantitative estimate of drug-likeness (QED) is 0.942. The minimum Gasteiger partial charge on any atom is -0.328 e. The first-order chi connectivity index (χ1) is 7.20. The predicted octanol–water partition coefficient (Wildman–Crippen LogP) is 2.56. The number of thiophene rings is 1. The molecular weight excluding hydrogens is 274 g/mol. The van der Waals surface area contributed by atoms with Crippen molar-refractivity contribution in [2.75, 3.05) is 6.54 Å². The van der Waals surface area contributed by atoms with Crippen molar-refractivity contribution in [3.63, 3.8) is 0 Å². The lowest BCUT2D eigenvalue weighted by Crippen LogP contribution is -2.19. The molecule has 0 spiro atoms. The molecule has 2 aromatic heterocycles. The third kappa shape index (κ3) is 2.30. The van der Waals surface area contributed by atoms with E-state index in [2.05, 4.69) is 32.5 Å². The van der Waals surface area contributed by atoms with E-state index >= 15 is 0 Å². The predicted molar refractivity (Wildman–Crippen MR) is 66.2 cm³/mol. The van der Waals surface area contributed by atoms with Crippen LogP contribution >= 0.6 is 27.3 Å². The fraction of sp³-hybridized carbons (Fsp3) is 0.300. The average Bonchev–Trinajstić information content (AvgIpc) is 2.78. The number of halogens is 1. The Hall–Kier alpha value is -0.650. The molecule has 0 aliphatic heterocycles. The van der Waals surface area contributed by atoms with Crippen molar-refractivity contribution >= 4 is 27.3 Å². The summed E-state index contributed by atoms with van der Waals surface area (Å²) >= 11 is 5.15. The Bertz CT molecular complexity index is 409. The summed E-state index contributed by atoms with van der Waals surface area (Å²) in [6.45, 7) is 2.59. The number of hydrogen-bond acceptors (Lipinski definition) is 3. The van der Waals surface area contributed by atoms with E-state index < -0.39 is 0 Å². The van der Waals surface area contributed by atoms with Gasteiger partial charge >= 0.3 is 0 Å². The molecule has 0 saturated heterocycles. The zero-order chi connectivity index (χ0) is 10.8. The highest BCUT2D eigenvalue weighted by molar-refractivity contribution is 9.10. The summed E-state index contributed by atoms with van der Waals surface area (Å²) in [5, 5.41) is 6.36. The zero-order valence-corrected chi connectivity index (χ0v) is 10.8. The third-order valence-electron chi connectivity index (χ3n) is 2.19. The molecule has 1 atom stereocenters. The highest BCUT2D eigenvalue weighted by Crippen LogP contribution is 2.27. The van der Waals surface area contributed by atoms with E-state index in [9.17, 15) is 0 Å². The molecule has 0 aliphatic rings. The standard InChI is InChI=1S/C10H12BrN3S/c1-7-4-13-14(5-7)9(3-12)10-2-8(11)6-15-10/h2,4-6,9H,3,12H2,1H3. The fourth-order valence-electron chi connectivity index (χ4n) is 1.46. The molecule has 3 nitrogen and oxygen atoms in total. The summed E-state index contributed by atoms with van der Waals surface area (Å²) < 4.78 is 3.03. The van der Waals surface area contributed by atoms with E-state index in [0.717, 1.165) is 10.0 Å². The molecule has 0 aromatic carbocycles. The first kappa shape index (κ1) is 10.9. The first-order valence-corrected chi connectivity index (χ1v) is 6.32. The molecule has 0 aliphatic carbocycles. The maximum absolute atomic E-state index is 5.79. The second-order valence-electron chi connectivity index (χ2n) is 3.42. The van der Waals surface area contributed by atoms with Gasteiger partial charge in [0.25, 0.3) is 0 Å². The maximum Gasteiger partial charge on any atom is 0.0982 e. The van der Waals surface area contributed by atoms with E-state index in [1.807, 2.05) is 24.0 Å². The summed E-state index contributed by atoms with van der Waals surface area (Å²) in [6.07, 6.45) is 3.87. The molecule has 1 unspecified atom stereocenters. The van der Waals surface area contributed by atoms with Crippen molar-refractivity contribution in [3.8, 4) is 0 Å². The number of aryl methyl sites for hydroxylation is 1. The van der Waals surface area contributed by atoms with Crippen molar-refractivity contribution in [1.82, 2.24) is 9.78 Å². The van der Waals surface area contributed by atoms with Crippen LogP contribution in [-0.2, 0) is 0 Å². The van der Waals surface area contributed by atoms with E-state index in [1.54, 1.807) is 11.3 Å². The molecule has 0 saturated carbocycles. The monoisotopic (exact) mass is 285 g/mol. The second kappa shape index (κ2) is 4.47. The Morgan fingerprint density at radius 2 is 2.47 bits per heavy atom. The van der Waals surface area contributed by atoms with Crippen molar-refractivity contribution in [1.29, 1.82) is 0 Å². The Kier molecular flexibility index (Phi) is 3.23. The van der Waals surface area contributed by atoms with E-state index in [0.29, 0.717) is 6.54 Å². The van der Waals surface area contributed by atoms with Gasteiger partial charge in [-0.2, -0.15) is 5.10 Å². The van der Waals surface area contributed by atoms with Gasteiger partial charge in [-0.3, -0.25) is 4.68 Å². The van der Waals surface area contributed by atoms with Gasteiger partial charge in [-0.1, -0.05) is 0 Å². The lowest BCUT2D eigenvalue weighted by atomic mass is 10.2. The average molecular weight is 286 g/mol. The molecule has 0 amide bonds. The summed E-state index contributed by atoms with van der Waals surface area (Å²) in [7, 11) is 0. The molecule has 2 aromatic rings. The van der Waals surface area contributed by atoms with Crippen LogP contribution in [0.25, 0.3) is 0 Å². The minimum absolute atomic E-state index is 0.148. The smallest absolute Gasteiger partial charge is 0.0982 e. The van der Waals surface area contributed by atoms with Gasteiger partial charge in [0.1, 0.15) is 0 Å². The first-order valence-electron chi connectivity index (χ1n) is 4.65. The van der Waals surface area contributed by atoms with Crippen LogP contribution in [0.4, 0.5) is 0 Å². The molecule has 15 heavy (non-hydrogen) atoms. The number of aromatic nitrogens is 2. The minimum atomic E-state index is 0.148. The van der Waals surface area contributed by atoms with Gasteiger partial charge in [0.05, 0.1) is 12.2 Å². The number of hydrogen-bond donors (Lipinski definition) is 1. The SMILES string of the molecule is Cc1cnn(C(CN)c2cc(Br)cs2)c1. The summed E-state index contributed by atoms with van der Waals surface area (Å²) in [5.74, 6) is 0. The Labute approximate surface area is 101 Å². The number of nitrogens with two attached hydrogens (primary N) is 1. The van der Waals surface area contributed by atoms with Gasteiger partial charge in [-0.25, -0.2) is 0 Å². The molecule has 80 valence electrons. The molecule has 0 radical (unpaired) electrons. The van der Waals surface area contributed by atoms with Crippen molar-refractivity contribution in [3.05, 3.63) is 38.8 Å². The van der Waals surface area contributed by atoms with Gasteiger partial charge in [-0.15, -0.1) is 11.3 Å². The van der Waals surface area contributed by atoms with Gasteiger partial charge in [0.2, 0.25) is 0 Å². The molecule has 0 fully saturated rings. The highest BCUT2D eigenvalue weighted by atomic mass is 79.9. The van der Waals surface area contributed by atoms with Crippen LogP contribution in [0.1, 0.15) is 16.5 Å². The summed E-state index contributed by atoms with van der Waals surface area (Å²) in [6, 6.07) is 2.24.